The van der Waals surface area contributed by atoms with Crippen molar-refractivity contribution in [3.8, 4) is 17.2 Å². The van der Waals surface area contributed by atoms with E-state index in [9.17, 15) is 4.79 Å². The Morgan fingerprint density at radius 1 is 0.970 bits per heavy atom. The standard InChI is InChI=1S/C24H24N4O4S/c1-28-22(14-32-19-9-8-16-6-4-5-7-17(16)12-19)26-27-24(28)33-15-23(29)25-20-13-18(30-2)10-11-21(20)31-3/h4-13H,14-15H2,1-3H3,(H,25,29). The zero-order valence-corrected chi connectivity index (χ0v) is 19.4. The number of hydrogen-bond donors (Lipinski definition) is 1. The quantitative estimate of drug-likeness (QED) is 0.370. The molecule has 1 amide bonds. The maximum atomic E-state index is 12.5. The van der Waals surface area contributed by atoms with Crippen molar-refractivity contribution >= 4 is 34.1 Å². The number of rotatable bonds is 9. The van der Waals surface area contributed by atoms with Crippen LogP contribution in [0.5, 0.6) is 17.2 Å². The molecule has 0 atom stereocenters. The summed E-state index contributed by atoms with van der Waals surface area (Å²) < 4.78 is 18.2. The van der Waals surface area contributed by atoms with Gasteiger partial charge in [-0.2, -0.15) is 0 Å². The summed E-state index contributed by atoms with van der Waals surface area (Å²) >= 11 is 1.29. The Morgan fingerprint density at radius 3 is 2.55 bits per heavy atom. The van der Waals surface area contributed by atoms with E-state index in [4.69, 9.17) is 14.2 Å². The van der Waals surface area contributed by atoms with Gasteiger partial charge in [-0.15, -0.1) is 10.2 Å². The number of fused-ring (bicyclic) bond motifs is 1. The monoisotopic (exact) mass is 464 g/mol. The van der Waals surface area contributed by atoms with Crippen LogP contribution in [0.4, 0.5) is 5.69 Å². The second kappa shape index (κ2) is 10.3. The molecule has 33 heavy (non-hydrogen) atoms. The third kappa shape index (κ3) is 5.38. The third-order valence-electron chi connectivity index (χ3n) is 5.03. The van der Waals surface area contributed by atoms with Gasteiger partial charge in [0.15, 0.2) is 11.0 Å². The number of carbonyl (C=O) groups is 1. The number of nitrogens with one attached hydrogen (secondary N) is 1. The average molecular weight is 465 g/mol. The smallest absolute Gasteiger partial charge is 0.234 e. The fraction of sp³-hybridized carbons (Fsp3) is 0.208. The van der Waals surface area contributed by atoms with Crippen LogP contribution >= 0.6 is 11.8 Å². The van der Waals surface area contributed by atoms with Crippen LogP contribution in [0.15, 0.2) is 65.8 Å². The number of ether oxygens (including phenoxy) is 3. The molecule has 0 unspecified atom stereocenters. The van der Waals surface area contributed by atoms with Crippen LogP contribution in [0.25, 0.3) is 10.8 Å². The van der Waals surface area contributed by atoms with E-state index in [2.05, 4.69) is 21.6 Å². The summed E-state index contributed by atoms with van der Waals surface area (Å²) in [6.07, 6.45) is 0. The lowest BCUT2D eigenvalue weighted by molar-refractivity contribution is -0.113. The molecule has 0 radical (unpaired) electrons. The number of nitrogens with zero attached hydrogens (tertiary/aromatic N) is 3. The second-order valence-corrected chi connectivity index (χ2v) is 8.10. The van der Waals surface area contributed by atoms with Gasteiger partial charge >= 0.3 is 0 Å². The predicted octanol–water partition coefficient (Wildman–Crippen LogP) is 4.30. The zero-order chi connectivity index (χ0) is 23.2. The van der Waals surface area contributed by atoms with Crippen LogP contribution in [0.2, 0.25) is 0 Å². The van der Waals surface area contributed by atoms with Crippen molar-refractivity contribution < 1.29 is 19.0 Å². The molecule has 3 aromatic carbocycles. The number of hydrogen-bond acceptors (Lipinski definition) is 7. The minimum Gasteiger partial charge on any atom is -0.497 e. The van der Waals surface area contributed by atoms with E-state index in [1.54, 1.807) is 32.4 Å². The molecule has 0 aliphatic carbocycles. The number of thioether (sulfide) groups is 1. The SMILES string of the molecule is COc1ccc(OC)c(NC(=O)CSc2nnc(COc3ccc4ccccc4c3)n2C)c1. The highest BCUT2D eigenvalue weighted by Crippen LogP contribution is 2.29. The van der Waals surface area contributed by atoms with E-state index < -0.39 is 0 Å². The molecule has 4 aromatic rings. The van der Waals surface area contributed by atoms with E-state index in [-0.39, 0.29) is 18.3 Å². The first-order valence-corrected chi connectivity index (χ1v) is 11.2. The molecule has 1 heterocycles. The number of carbonyl (C=O) groups excluding carboxylic acids is 1. The predicted molar refractivity (Wildman–Crippen MR) is 128 cm³/mol. The fourth-order valence-electron chi connectivity index (χ4n) is 3.23. The lowest BCUT2D eigenvalue weighted by Gasteiger charge is -2.11. The molecule has 4 rings (SSSR count). The average Bonchev–Trinajstić information content (AvgIpc) is 3.20. The molecule has 0 bridgehead atoms. The molecule has 1 aromatic heterocycles. The molecule has 8 nitrogen and oxygen atoms in total. The van der Waals surface area contributed by atoms with Crippen LogP contribution in [0.3, 0.4) is 0 Å². The van der Waals surface area contributed by atoms with Gasteiger partial charge in [0, 0.05) is 13.1 Å². The van der Waals surface area contributed by atoms with Gasteiger partial charge in [-0.05, 0) is 35.0 Å². The summed E-state index contributed by atoms with van der Waals surface area (Å²) in [5.41, 5.74) is 0.546. The maximum Gasteiger partial charge on any atom is 0.234 e. The van der Waals surface area contributed by atoms with Gasteiger partial charge in [0.05, 0.1) is 25.7 Å². The number of aromatic nitrogens is 3. The van der Waals surface area contributed by atoms with Crippen LogP contribution in [-0.4, -0.2) is 40.6 Å². The minimum absolute atomic E-state index is 0.165. The van der Waals surface area contributed by atoms with Gasteiger partial charge in [-0.25, -0.2) is 0 Å². The molecular formula is C24H24N4O4S. The van der Waals surface area contributed by atoms with Crippen LogP contribution in [0.1, 0.15) is 5.82 Å². The van der Waals surface area contributed by atoms with Gasteiger partial charge < -0.3 is 24.1 Å². The van der Waals surface area contributed by atoms with E-state index in [1.165, 1.54) is 11.8 Å². The fourth-order valence-corrected chi connectivity index (χ4v) is 3.96. The molecule has 0 saturated carbocycles. The van der Waals surface area contributed by atoms with Gasteiger partial charge in [0.25, 0.3) is 0 Å². The lowest BCUT2D eigenvalue weighted by atomic mass is 10.1. The van der Waals surface area contributed by atoms with Gasteiger partial charge in [0.2, 0.25) is 5.91 Å². The molecule has 0 saturated heterocycles. The number of anilines is 1. The molecule has 0 aliphatic heterocycles. The van der Waals surface area contributed by atoms with E-state index >= 15 is 0 Å². The van der Waals surface area contributed by atoms with Crippen LogP contribution in [-0.2, 0) is 18.4 Å². The second-order valence-electron chi connectivity index (χ2n) is 7.16. The van der Waals surface area contributed by atoms with Crippen molar-refractivity contribution in [2.75, 3.05) is 25.3 Å². The van der Waals surface area contributed by atoms with Crippen molar-refractivity contribution in [3.05, 3.63) is 66.5 Å². The first-order valence-electron chi connectivity index (χ1n) is 10.2. The molecule has 0 aliphatic rings. The van der Waals surface area contributed by atoms with Crippen LogP contribution in [0, 0.1) is 0 Å². The lowest BCUT2D eigenvalue weighted by Crippen LogP contribution is -2.15. The van der Waals surface area contributed by atoms with Crippen molar-refractivity contribution in [2.45, 2.75) is 11.8 Å². The summed E-state index contributed by atoms with van der Waals surface area (Å²) in [5.74, 6) is 2.59. The largest absolute Gasteiger partial charge is 0.497 e. The van der Waals surface area contributed by atoms with E-state index in [0.29, 0.717) is 28.2 Å². The van der Waals surface area contributed by atoms with E-state index in [0.717, 1.165) is 16.5 Å². The van der Waals surface area contributed by atoms with Gasteiger partial charge in [0.1, 0.15) is 23.9 Å². The minimum atomic E-state index is -0.191. The molecule has 0 spiro atoms. The van der Waals surface area contributed by atoms with Crippen molar-refractivity contribution in [3.63, 3.8) is 0 Å². The Kier molecular flexibility index (Phi) is 6.99. The van der Waals surface area contributed by atoms with Crippen molar-refractivity contribution in [1.29, 1.82) is 0 Å². The highest BCUT2D eigenvalue weighted by molar-refractivity contribution is 7.99. The Balaban J connectivity index is 1.34. The first-order chi connectivity index (χ1) is 16.1. The molecule has 1 N–H and O–H groups in total. The number of methoxy groups -OCH3 is 2. The Labute approximate surface area is 195 Å². The van der Waals surface area contributed by atoms with Gasteiger partial charge in [-0.1, -0.05) is 42.1 Å². The maximum absolute atomic E-state index is 12.5. The highest BCUT2D eigenvalue weighted by atomic mass is 32.2. The third-order valence-corrected chi connectivity index (χ3v) is 6.05. The Morgan fingerprint density at radius 2 is 1.76 bits per heavy atom. The first kappa shape index (κ1) is 22.5. The normalized spacial score (nSPS) is 10.8. The summed E-state index contributed by atoms with van der Waals surface area (Å²) in [7, 11) is 4.97. The molecule has 9 heteroatoms. The summed E-state index contributed by atoms with van der Waals surface area (Å²) in [5, 5.41) is 14.1. The van der Waals surface area contributed by atoms with Crippen molar-refractivity contribution in [2.24, 2.45) is 7.05 Å². The molecular weight excluding hydrogens is 440 g/mol. The molecule has 0 fully saturated rings. The Bertz CT molecular complexity index is 1270. The molecule has 170 valence electrons. The zero-order valence-electron chi connectivity index (χ0n) is 18.6. The van der Waals surface area contributed by atoms with Crippen molar-refractivity contribution in [1.82, 2.24) is 14.8 Å². The number of amides is 1. The summed E-state index contributed by atoms with van der Waals surface area (Å²) in [4.78, 5) is 12.5. The van der Waals surface area contributed by atoms with Gasteiger partial charge in [-0.3, -0.25) is 4.79 Å². The topological polar surface area (TPSA) is 87.5 Å². The Hall–Kier alpha value is -3.72. The number of benzene rings is 3. The van der Waals surface area contributed by atoms with Crippen LogP contribution < -0.4 is 19.5 Å². The highest BCUT2D eigenvalue weighted by Gasteiger charge is 2.14. The summed E-state index contributed by atoms with van der Waals surface area (Å²) in [6.45, 7) is 0.273. The van der Waals surface area contributed by atoms with E-state index in [1.807, 2.05) is 48.0 Å². The summed E-state index contributed by atoms with van der Waals surface area (Å²) in [6, 6.07) is 19.3.